The highest BCUT2D eigenvalue weighted by molar-refractivity contribution is 7.47. The zero-order valence-electron chi connectivity index (χ0n) is 19.0. The van der Waals surface area contributed by atoms with E-state index in [4.69, 9.17) is 19.0 Å². The molecule has 0 aliphatic rings. The van der Waals surface area contributed by atoms with Crippen molar-refractivity contribution < 1.29 is 37.9 Å². The van der Waals surface area contributed by atoms with Gasteiger partial charge in [-0.05, 0) is 6.42 Å². The number of hydrogen-bond acceptors (Lipinski definition) is 6. The number of likely N-dealkylation sites (N-methyl/N-ethyl adjacent to an activating group) is 1. The standard InChI is InChI=1S/C20H44NO7P/c1-5-6-7-8-9-10-11-12-13-14-16-25-18-20(28-22)19-27-29(23,24)26-17-15-21(2,3)4/h20H,5-19H2,1-4H3,(H-,22,23,24)/p+1/t20-/m1/s1. The van der Waals surface area contributed by atoms with E-state index in [1.807, 2.05) is 21.1 Å². The first-order valence-corrected chi connectivity index (χ1v) is 12.5. The summed E-state index contributed by atoms with van der Waals surface area (Å²) in [6.45, 7) is 3.26. The molecule has 0 aliphatic heterocycles. The highest BCUT2D eigenvalue weighted by atomic mass is 31.2. The van der Waals surface area contributed by atoms with Crippen molar-refractivity contribution in [3.63, 3.8) is 0 Å². The normalized spacial score (nSPS) is 15.4. The second-order valence-corrected chi connectivity index (χ2v) is 10.0. The van der Waals surface area contributed by atoms with Crippen molar-refractivity contribution in [2.24, 2.45) is 0 Å². The predicted octanol–water partition coefficient (Wildman–Crippen LogP) is 4.62. The monoisotopic (exact) mass is 442 g/mol. The average molecular weight is 443 g/mol. The van der Waals surface area contributed by atoms with E-state index in [1.165, 1.54) is 51.4 Å². The topological polar surface area (TPSA) is 94.5 Å². The Morgan fingerprint density at radius 1 is 0.828 bits per heavy atom. The Labute approximate surface area is 177 Å². The van der Waals surface area contributed by atoms with Crippen LogP contribution in [0.25, 0.3) is 0 Å². The van der Waals surface area contributed by atoms with Gasteiger partial charge in [-0.1, -0.05) is 64.7 Å². The summed E-state index contributed by atoms with van der Waals surface area (Å²) < 4.78 is 27.7. The average Bonchev–Trinajstić information content (AvgIpc) is 2.63. The highest BCUT2D eigenvalue weighted by Gasteiger charge is 2.25. The lowest BCUT2D eigenvalue weighted by Gasteiger charge is -2.24. The summed E-state index contributed by atoms with van der Waals surface area (Å²) in [7, 11) is 1.69. The van der Waals surface area contributed by atoms with Gasteiger partial charge in [0.15, 0.2) is 0 Å². The van der Waals surface area contributed by atoms with Gasteiger partial charge in [-0.25, -0.2) is 9.45 Å². The van der Waals surface area contributed by atoms with Crippen molar-refractivity contribution in [3.05, 3.63) is 0 Å². The Hall–Kier alpha value is -0.0500. The molecule has 0 bridgehead atoms. The second-order valence-electron chi connectivity index (χ2n) is 8.60. The van der Waals surface area contributed by atoms with Crippen molar-refractivity contribution in [1.29, 1.82) is 0 Å². The maximum absolute atomic E-state index is 11.8. The van der Waals surface area contributed by atoms with E-state index in [2.05, 4.69) is 11.8 Å². The fraction of sp³-hybridized carbons (Fsp3) is 1.00. The largest absolute Gasteiger partial charge is 0.472 e. The zero-order valence-corrected chi connectivity index (χ0v) is 19.9. The molecule has 9 heteroatoms. The lowest BCUT2D eigenvalue weighted by Crippen LogP contribution is -2.37. The van der Waals surface area contributed by atoms with Crippen LogP contribution in [0, 0.1) is 0 Å². The van der Waals surface area contributed by atoms with Crippen LogP contribution in [0.3, 0.4) is 0 Å². The van der Waals surface area contributed by atoms with Crippen LogP contribution in [0.4, 0.5) is 0 Å². The molecule has 29 heavy (non-hydrogen) atoms. The summed E-state index contributed by atoms with van der Waals surface area (Å²) in [6.07, 6.45) is 11.7. The molecule has 8 nitrogen and oxygen atoms in total. The van der Waals surface area contributed by atoms with Crippen LogP contribution in [0.2, 0.25) is 0 Å². The van der Waals surface area contributed by atoms with Crippen LogP contribution >= 0.6 is 7.82 Å². The highest BCUT2D eigenvalue weighted by Crippen LogP contribution is 2.43. The minimum absolute atomic E-state index is 0.0901. The second kappa shape index (κ2) is 17.6. The molecule has 1 unspecified atom stereocenters. The fourth-order valence-corrected chi connectivity index (χ4v) is 3.40. The number of ether oxygens (including phenoxy) is 1. The van der Waals surface area contributed by atoms with Crippen LogP contribution in [0.5, 0.6) is 0 Å². The summed E-state index contributed by atoms with van der Waals surface area (Å²) in [5, 5.41) is 8.91. The number of rotatable bonds is 21. The maximum atomic E-state index is 11.8. The van der Waals surface area contributed by atoms with Gasteiger partial charge in [-0.2, -0.15) is 0 Å². The lowest BCUT2D eigenvalue weighted by atomic mass is 10.1. The molecule has 0 aromatic heterocycles. The third-order valence-corrected chi connectivity index (χ3v) is 5.52. The number of quaternary nitrogens is 1. The van der Waals surface area contributed by atoms with E-state index in [0.717, 1.165) is 12.8 Å². The molecular weight excluding hydrogens is 397 g/mol. The zero-order chi connectivity index (χ0) is 22.0. The Morgan fingerprint density at radius 2 is 1.38 bits per heavy atom. The van der Waals surface area contributed by atoms with Crippen LogP contribution in [-0.2, 0) is 23.2 Å². The van der Waals surface area contributed by atoms with Crippen LogP contribution in [0.15, 0.2) is 0 Å². The molecule has 0 aromatic rings. The third kappa shape index (κ3) is 21.0. The smallest absolute Gasteiger partial charge is 0.379 e. The minimum Gasteiger partial charge on any atom is -0.379 e. The summed E-state index contributed by atoms with van der Waals surface area (Å²) in [4.78, 5) is 13.9. The van der Waals surface area contributed by atoms with Crippen LogP contribution in [0.1, 0.15) is 71.1 Å². The number of hydrogen-bond donors (Lipinski definition) is 2. The number of phosphoric acid groups is 1. The Kier molecular flexibility index (Phi) is 17.6. The van der Waals surface area contributed by atoms with Gasteiger partial charge in [0.1, 0.15) is 19.3 Å². The van der Waals surface area contributed by atoms with Gasteiger partial charge >= 0.3 is 7.82 Å². The van der Waals surface area contributed by atoms with E-state index in [1.54, 1.807) is 0 Å². The van der Waals surface area contributed by atoms with Crippen LogP contribution < -0.4 is 0 Å². The molecule has 0 saturated heterocycles. The van der Waals surface area contributed by atoms with Crippen molar-refractivity contribution in [1.82, 2.24) is 0 Å². The summed E-state index contributed by atoms with van der Waals surface area (Å²) in [5.41, 5.74) is 0. The quantitative estimate of drug-likeness (QED) is 0.0880. The van der Waals surface area contributed by atoms with E-state index < -0.39 is 13.9 Å². The van der Waals surface area contributed by atoms with Gasteiger partial charge in [-0.15, -0.1) is 0 Å². The summed E-state index contributed by atoms with van der Waals surface area (Å²) in [6, 6.07) is 0. The molecule has 176 valence electrons. The molecule has 0 fully saturated rings. The van der Waals surface area contributed by atoms with Crippen molar-refractivity contribution in [2.45, 2.75) is 77.2 Å². The molecule has 0 aromatic carbocycles. The summed E-state index contributed by atoms with van der Waals surface area (Å²) >= 11 is 0. The molecule has 0 heterocycles. The first kappa shape index (κ1) is 28.9. The molecule has 2 atom stereocenters. The predicted molar refractivity (Wildman–Crippen MR) is 115 cm³/mol. The number of nitrogens with zero attached hydrogens (tertiary/aromatic N) is 1. The molecule has 0 aliphatic carbocycles. The SMILES string of the molecule is CCCCCCCCCCCCOC[C@H](COP(=O)(O)OCC[N+](C)(C)C)OO. The Morgan fingerprint density at radius 3 is 1.90 bits per heavy atom. The van der Waals surface area contributed by atoms with Gasteiger partial charge in [0.25, 0.3) is 0 Å². The Balaban J connectivity index is 3.65. The van der Waals surface area contributed by atoms with E-state index >= 15 is 0 Å². The number of phosphoric ester groups is 1. The van der Waals surface area contributed by atoms with Gasteiger partial charge in [-0.3, -0.25) is 14.3 Å². The Bertz CT molecular complexity index is 418. The molecule has 0 saturated carbocycles. The molecule has 2 N–H and O–H groups in total. The van der Waals surface area contributed by atoms with E-state index in [0.29, 0.717) is 17.6 Å². The van der Waals surface area contributed by atoms with E-state index in [9.17, 15) is 9.46 Å². The molecule has 0 spiro atoms. The van der Waals surface area contributed by atoms with E-state index in [-0.39, 0.29) is 19.8 Å². The lowest BCUT2D eigenvalue weighted by molar-refractivity contribution is -0.870. The molecular formula is C20H45NO7P+. The van der Waals surface area contributed by atoms with Crippen molar-refractivity contribution >= 4 is 7.82 Å². The maximum Gasteiger partial charge on any atom is 0.472 e. The molecule has 0 radical (unpaired) electrons. The van der Waals surface area contributed by atoms with Gasteiger partial charge in [0.05, 0.1) is 34.4 Å². The van der Waals surface area contributed by atoms with Crippen molar-refractivity contribution in [2.75, 3.05) is 54.1 Å². The molecule has 0 amide bonds. The third-order valence-electron chi connectivity index (χ3n) is 4.54. The van der Waals surface area contributed by atoms with Gasteiger partial charge in [0, 0.05) is 6.61 Å². The number of unbranched alkanes of at least 4 members (excludes halogenated alkanes) is 9. The first-order chi connectivity index (χ1) is 13.7. The first-order valence-electron chi connectivity index (χ1n) is 11.0. The van der Waals surface area contributed by atoms with Crippen molar-refractivity contribution in [3.8, 4) is 0 Å². The van der Waals surface area contributed by atoms with Crippen LogP contribution in [-0.4, -0.2) is 74.9 Å². The van der Waals surface area contributed by atoms with Gasteiger partial charge in [0.2, 0.25) is 0 Å². The summed E-state index contributed by atoms with van der Waals surface area (Å²) in [5.74, 6) is 0. The minimum atomic E-state index is -4.17. The van der Waals surface area contributed by atoms with Gasteiger partial charge < -0.3 is 14.1 Å². The fourth-order valence-electron chi connectivity index (χ4n) is 2.66. The molecule has 0 rings (SSSR count).